The topological polar surface area (TPSA) is 32.3 Å². The third kappa shape index (κ3) is 5.27. The summed E-state index contributed by atoms with van der Waals surface area (Å²) in [4.78, 5) is 14.8. The maximum atomic E-state index is 12.4. The second-order valence-electron chi connectivity index (χ2n) is 6.52. The zero-order chi connectivity index (χ0) is 17.5. The molecule has 25 heavy (non-hydrogen) atoms. The van der Waals surface area contributed by atoms with Crippen molar-refractivity contribution in [1.29, 1.82) is 0 Å². The number of benzene rings is 2. The molecule has 1 saturated heterocycles. The van der Waals surface area contributed by atoms with E-state index in [1.54, 1.807) is 11.8 Å². The molecule has 1 atom stereocenters. The monoisotopic (exact) mass is 354 g/mol. The quantitative estimate of drug-likeness (QED) is 0.798. The highest BCUT2D eigenvalue weighted by Gasteiger charge is 2.14. The molecule has 1 heterocycles. The van der Waals surface area contributed by atoms with Crippen LogP contribution < -0.4 is 10.2 Å². The minimum atomic E-state index is -0.0815. The second kappa shape index (κ2) is 8.95. The fraction of sp³-hybridized carbons (Fsp3) is 0.381. The van der Waals surface area contributed by atoms with Crippen molar-refractivity contribution in [3.63, 3.8) is 0 Å². The molecule has 0 aromatic heterocycles. The predicted octanol–water partition coefficient (Wildman–Crippen LogP) is 4.94. The predicted molar refractivity (Wildman–Crippen MR) is 108 cm³/mol. The molecule has 3 nitrogen and oxygen atoms in total. The highest BCUT2D eigenvalue weighted by Crippen LogP contribution is 2.23. The number of piperidine rings is 1. The SMILES string of the molecule is C[C@@H](SCc1ccccc1)C(=O)Nc1ccc(N2CCCCC2)cc1. The Morgan fingerprint density at radius 2 is 1.72 bits per heavy atom. The highest BCUT2D eigenvalue weighted by atomic mass is 32.2. The Labute approximate surface area is 154 Å². The van der Waals surface area contributed by atoms with E-state index >= 15 is 0 Å². The first kappa shape index (κ1) is 17.9. The number of hydrogen-bond acceptors (Lipinski definition) is 3. The summed E-state index contributed by atoms with van der Waals surface area (Å²) in [5.41, 5.74) is 3.38. The van der Waals surface area contributed by atoms with Gasteiger partial charge in [0.1, 0.15) is 0 Å². The summed E-state index contributed by atoms with van der Waals surface area (Å²) in [6.07, 6.45) is 3.88. The zero-order valence-electron chi connectivity index (χ0n) is 14.8. The van der Waals surface area contributed by atoms with Crippen LogP contribution in [0.3, 0.4) is 0 Å². The normalized spacial score (nSPS) is 15.6. The van der Waals surface area contributed by atoms with Crippen LogP contribution in [-0.2, 0) is 10.5 Å². The van der Waals surface area contributed by atoms with Crippen LogP contribution in [0.25, 0.3) is 0 Å². The number of rotatable bonds is 6. The van der Waals surface area contributed by atoms with Gasteiger partial charge < -0.3 is 10.2 Å². The molecule has 0 spiro atoms. The van der Waals surface area contributed by atoms with Crippen molar-refractivity contribution < 1.29 is 4.79 Å². The summed E-state index contributed by atoms with van der Waals surface area (Å²) in [6, 6.07) is 18.5. The van der Waals surface area contributed by atoms with E-state index in [0.29, 0.717) is 0 Å². The summed E-state index contributed by atoms with van der Waals surface area (Å²) < 4.78 is 0. The van der Waals surface area contributed by atoms with Crippen molar-refractivity contribution >= 4 is 29.0 Å². The van der Waals surface area contributed by atoms with Crippen LogP contribution >= 0.6 is 11.8 Å². The Morgan fingerprint density at radius 1 is 1.04 bits per heavy atom. The van der Waals surface area contributed by atoms with Gasteiger partial charge in [-0.1, -0.05) is 30.3 Å². The van der Waals surface area contributed by atoms with E-state index < -0.39 is 0 Å². The first-order valence-corrected chi connectivity index (χ1v) is 10.1. The molecule has 132 valence electrons. The molecular formula is C21H26N2OS. The summed E-state index contributed by atoms with van der Waals surface area (Å²) >= 11 is 1.66. The number of nitrogens with zero attached hydrogens (tertiary/aromatic N) is 1. The van der Waals surface area contributed by atoms with Crippen LogP contribution in [0.15, 0.2) is 54.6 Å². The van der Waals surface area contributed by atoms with Crippen molar-refractivity contribution in [2.75, 3.05) is 23.3 Å². The molecule has 0 saturated carbocycles. The molecule has 1 fully saturated rings. The number of amides is 1. The maximum absolute atomic E-state index is 12.4. The highest BCUT2D eigenvalue weighted by molar-refractivity contribution is 7.99. The van der Waals surface area contributed by atoms with E-state index in [-0.39, 0.29) is 11.2 Å². The molecule has 3 rings (SSSR count). The van der Waals surface area contributed by atoms with Crippen molar-refractivity contribution in [1.82, 2.24) is 0 Å². The van der Waals surface area contributed by atoms with Gasteiger partial charge in [-0.3, -0.25) is 4.79 Å². The Morgan fingerprint density at radius 3 is 2.40 bits per heavy atom. The van der Waals surface area contributed by atoms with Crippen LogP contribution in [0.1, 0.15) is 31.7 Å². The number of carbonyl (C=O) groups excluding carboxylic acids is 1. The first-order valence-electron chi connectivity index (χ1n) is 9.04. The van der Waals surface area contributed by atoms with Gasteiger partial charge in [-0.2, -0.15) is 0 Å². The van der Waals surface area contributed by atoms with Crippen LogP contribution in [0.5, 0.6) is 0 Å². The van der Waals surface area contributed by atoms with Gasteiger partial charge in [0.2, 0.25) is 5.91 Å². The van der Waals surface area contributed by atoms with Crippen LogP contribution in [-0.4, -0.2) is 24.2 Å². The lowest BCUT2D eigenvalue weighted by Gasteiger charge is -2.28. The third-order valence-electron chi connectivity index (χ3n) is 4.57. The molecule has 4 heteroatoms. The van der Waals surface area contributed by atoms with E-state index in [2.05, 4.69) is 34.5 Å². The Hall–Kier alpha value is -1.94. The van der Waals surface area contributed by atoms with Crippen LogP contribution in [0, 0.1) is 0 Å². The molecular weight excluding hydrogens is 328 g/mol. The molecule has 0 unspecified atom stereocenters. The fourth-order valence-corrected chi connectivity index (χ4v) is 3.87. The average Bonchev–Trinajstić information content (AvgIpc) is 2.68. The Balaban J connectivity index is 1.49. The van der Waals surface area contributed by atoms with Gasteiger partial charge in [0.05, 0.1) is 5.25 Å². The molecule has 0 radical (unpaired) electrons. The lowest BCUT2D eigenvalue weighted by molar-refractivity contribution is -0.115. The van der Waals surface area contributed by atoms with Crippen LogP contribution in [0.2, 0.25) is 0 Å². The standard InChI is InChI=1S/C21H26N2OS/c1-17(25-16-18-8-4-2-5-9-18)21(24)22-19-10-12-20(13-11-19)23-14-6-3-7-15-23/h2,4-5,8-13,17H,3,6-7,14-16H2,1H3,(H,22,24)/t17-/m1/s1. The molecule has 1 aliphatic rings. The van der Waals surface area contributed by atoms with Crippen LogP contribution in [0.4, 0.5) is 11.4 Å². The number of hydrogen-bond donors (Lipinski definition) is 1. The maximum Gasteiger partial charge on any atom is 0.237 e. The molecule has 0 aliphatic carbocycles. The summed E-state index contributed by atoms with van der Waals surface area (Å²) in [6.45, 7) is 4.24. The minimum absolute atomic E-state index is 0.0617. The van der Waals surface area contributed by atoms with Gasteiger partial charge >= 0.3 is 0 Å². The van der Waals surface area contributed by atoms with Gasteiger partial charge in [0.15, 0.2) is 0 Å². The van der Waals surface area contributed by atoms with Gasteiger partial charge in [0, 0.05) is 30.2 Å². The second-order valence-corrected chi connectivity index (χ2v) is 7.85. The first-order chi connectivity index (χ1) is 12.2. The molecule has 1 amide bonds. The smallest absolute Gasteiger partial charge is 0.237 e. The average molecular weight is 355 g/mol. The Bertz CT molecular complexity index is 666. The summed E-state index contributed by atoms with van der Waals surface area (Å²) in [5, 5.41) is 2.95. The summed E-state index contributed by atoms with van der Waals surface area (Å²) in [7, 11) is 0. The molecule has 2 aromatic rings. The molecule has 1 N–H and O–H groups in total. The fourth-order valence-electron chi connectivity index (χ4n) is 3.02. The van der Waals surface area contributed by atoms with Gasteiger partial charge in [-0.05, 0) is 56.0 Å². The number of carbonyl (C=O) groups is 1. The van der Waals surface area contributed by atoms with Crippen molar-refractivity contribution in [3.8, 4) is 0 Å². The lowest BCUT2D eigenvalue weighted by atomic mass is 10.1. The van der Waals surface area contributed by atoms with E-state index in [1.165, 1.54) is 30.5 Å². The van der Waals surface area contributed by atoms with E-state index in [9.17, 15) is 4.79 Å². The van der Waals surface area contributed by atoms with Crippen molar-refractivity contribution in [3.05, 3.63) is 60.2 Å². The van der Waals surface area contributed by atoms with Crippen molar-refractivity contribution in [2.45, 2.75) is 37.2 Å². The van der Waals surface area contributed by atoms with Gasteiger partial charge in [-0.15, -0.1) is 11.8 Å². The van der Waals surface area contributed by atoms with Gasteiger partial charge in [-0.25, -0.2) is 0 Å². The molecule has 1 aliphatic heterocycles. The molecule has 2 aromatic carbocycles. The Kier molecular flexibility index (Phi) is 6.40. The lowest BCUT2D eigenvalue weighted by Crippen LogP contribution is -2.29. The number of thioether (sulfide) groups is 1. The molecule has 0 bridgehead atoms. The van der Waals surface area contributed by atoms with E-state index in [4.69, 9.17) is 0 Å². The number of nitrogens with one attached hydrogen (secondary N) is 1. The van der Waals surface area contributed by atoms with E-state index in [0.717, 1.165) is 24.5 Å². The minimum Gasteiger partial charge on any atom is -0.372 e. The van der Waals surface area contributed by atoms with Gasteiger partial charge in [0.25, 0.3) is 0 Å². The third-order valence-corrected chi connectivity index (χ3v) is 5.78. The summed E-state index contributed by atoms with van der Waals surface area (Å²) in [5.74, 6) is 0.912. The largest absolute Gasteiger partial charge is 0.372 e. The van der Waals surface area contributed by atoms with E-state index in [1.807, 2.05) is 37.3 Å². The number of anilines is 2. The zero-order valence-corrected chi connectivity index (χ0v) is 15.6. The van der Waals surface area contributed by atoms with Crippen molar-refractivity contribution in [2.24, 2.45) is 0 Å².